The summed E-state index contributed by atoms with van der Waals surface area (Å²) in [7, 11) is 0. The number of nitrogens with two attached hydrogens (primary N) is 1. The number of carbonyl (C=O) groups excluding carboxylic acids is 1. The van der Waals surface area contributed by atoms with Gasteiger partial charge in [0, 0.05) is 18.0 Å². The fourth-order valence-electron chi connectivity index (χ4n) is 3.86. The van der Waals surface area contributed by atoms with Gasteiger partial charge in [0.1, 0.15) is 0 Å². The molecule has 4 unspecified atom stereocenters. The summed E-state index contributed by atoms with van der Waals surface area (Å²) in [6, 6.07) is 0.836. The van der Waals surface area contributed by atoms with Gasteiger partial charge in [-0.15, -0.1) is 0 Å². The normalized spacial score (nSPS) is 37.6. The first-order chi connectivity index (χ1) is 8.65. The van der Waals surface area contributed by atoms with Gasteiger partial charge in [-0.1, -0.05) is 12.8 Å². The van der Waals surface area contributed by atoms with Gasteiger partial charge in [-0.3, -0.25) is 4.79 Å². The van der Waals surface area contributed by atoms with Crippen molar-refractivity contribution in [3.8, 4) is 0 Å². The van der Waals surface area contributed by atoms with E-state index in [2.05, 4.69) is 18.7 Å². The van der Waals surface area contributed by atoms with Crippen molar-refractivity contribution in [2.45, 2.75) is 70.9 Å². The third kappa shape index (κ3) is 2.71. The van der Waals surface area contributed by atoms with E-state index in [1.807, 2.05) is 0 Å². The zero-order valence-electron chi connectivity index (χ0n) is 11.9. The van der Waals surface area contributed by atoms with E-state index in [4.69, 9.17) is 5.73 Å². The van der Waals surface area contributed by atoms with Crippen LogP contribution in [-0.2, 0) is 4.79 Å². The van der Waals surface area contributed by atoms with E-state index >= 15 is 0 Å². The first-order valence-corrected chi connectivity index (χ1v) is 7.67. The van der Waals surface area contributed by atoms with Gasteiger partial charge in [0.05, 0.1) is 0 Å². The fraction of sp³-hybridized carbons (Fsp3) is 0.933. The Kier molecular flexibility index (Phi) is 4.66. The van der Waals surface area contributed by atoms with E-state index < -0.39 is 0 Å². The monoisotopic (exact) mass is 252 g/mol. The molecule has 0 aromatic carbocycles. The molecule has 3 heteroatoms. The minimum Gasteiger partial charge on any atom is -0.337 e. The van der Waals surface area contributed by atoms with E-state index in [9.17, 15) is 4.79 Å². The molecule has 1 aliphatic heterocycles. The maximum Gasteiger partial charge on any atom is 0.226 e. The van der Waals surface area contributed by atoms with Crippen molar-refractivity contribution >= 4 is 5.91 Å². The molecule has 0 spiro atoms. The standard InChI is InChI=1S/C15H28N2O/c1-11-6-5-7-12(2)17(11)15(18)14-9-4-3-8-13(14)10-16/h11-14H,3-10,16H2,1-2H3. The highest BCUT2D eigenvalue weighted by Crippen LogP contribution is 2.33. The Labute approximate surface area is 111 Å². The maximum absolute atomic E-state index is 12.8. The van der Waals surface area contributed by atoms with Gasteiger partial charge >= 0.3 is 0 Å². The van der Waals surface area contributed by atoms with Gasteiger partial charge in [-0.25, -0.2) is 0 Å². The van der Waals surface area contributed by atoms with Crippen molar-refractivity contribution in [1.82, 2.24) is 4.90 Å². The van der Waals surface area contributed by atoms with Crippen molar-refractivity contribution in [2.24, 2.45) is 17.6 Å². The van der Waals surface area contributed by atoms with Crippen molar-refractivity contribution in [1.29, 1.82) is 0 Å². The van der Waals surface area contributed by atoms with Gasteiger partial charge in [0.15, 0.2) is 0 Å². The molecular weight excluding hydrogens is 224 g/mol. The molecule has 1 heterocycles. The molecule has 2 fully saturated rings. The largest absolute Gasteiger partial charge is 0.337 e. The molecule has 3 nitrogen and oxygen atoms in total. The maximum atomic E-state index is 12.8. The average Bonchev–Trinajstić information content (AvgIpc) is 2.38. The van der Waals surface area contributed by atoms with Crippen molar-refractivity contribution in [2.75, 3.05) is 6.54 Å². The van der Waals surface area contributed by atoms with Crippen LogP contribution in [0.25, 0.3) is 0 Å². The summed E-state index contributed by atoms with van der Waals surface area (Å²) in [5.41, 5.74) is 5.86. The highest BCUT2D eigenvalue weighted by atomic mass is 16.2. The fourth-order valence-corrected chi connectivity index (χ4v) is 3.86. The topological polar surface area (TPSA) is 46.3 Å². The average molecular weight is 252 g/mol. The molecule has 1 aliphatic carbocycles. The van der Waals surface area contributed by atoms with Crippen molar-refractivity contribution in [3.63, 3.8) is 0 Å². The number of amides is 1. The molecule has 0 aromatic rings. The number of piperidine rings is 1. The summed E-state index contributed by atoms with van der Waals surface area (Å²) in [5, 5.41) is 0. The predicted octanol–water partition coefficient (Wildman–Crippen LogP) is 2.54. The summed E-state index contributed by atoms with van der Waals surface area (Å²) in [5.74, 6) is 1.02. The second-order valence-corrected chi connectivity index (χ2v) is 6.26. The van der Waals surface area contributed by atoms with Crippen LogP contribution in [0.15, 0.2) is 0 Å². The molecule has 18 heavy (non-hydrogen) atoms. The van der Waals surface area contributed by atoms with Crippen molar-refractivity contribution in [3.05, 3.63) is 0 Å². The Hall–Kier alpha value is -0.570. The molecule has 2 aliphatic rings. The summed E-state index contributed by atoms with van der Waals surface area (Å²) in [4.78, 5) is 15.0. The molecule has 1 saturated carbocycles. The van der Waals surface area contributed by atoms with Crippen LogP contribution in [0.2, 0.25) is 0 Å². The van der Waals surface area contributed by atoms with Gasteiger partial charge in [0.2, 0.25) is 5.91 Å². The molecule has 104 valence electrons. The smallest absolute Gasteiger partial charge is 0.226 e. The number of nitrogens with zero attached hydrogens (tertiary/aromatic N) is 1. The molecule has 2 N–H and O–H groups in total. The quantitative estimate of drug-likeness (QED) is 0.821. The minimum absolute atomic E-state index is 0.201. The molecule has 0 bridgehead atoms. The number of hydrogen-bond donors (Lipinski definition) is 1. The van der Waals surface area contributed by atoms with E-state index in [1.165, 1.54) is 19.3 Å². The number of hydrogen-bond acceptors (Lipinski definition) is 2. The van der Waals surface area contributed by atoms with Gasteiger partial charge in [-0.2, -0.15) is 0 Å². The van der Waals surface area contributed by atoms with Crippen LogP contribution >= 0.6 is 0 Å². The zero-order valence-corrected chi connectivity index (χ0v) is 11.9. The third-order valence-electron chi connectivity index (χ3n) is 4.98. The highest BCUT2D eigenvalue weighted by Gasteiger charge is 2.37. The lowest BCUT2D eigenvalue weighted by atomic mass is 9.77. The van der Waals surface area contributed by atoms with E-state index in [-0.39, 0.29) is 5.92 Å². The summed E-state index contributed by atoms with van der Waals surface area (Å²) < 4.78 is 0. The Bertz CT molecular complexity index is 282. The molecular formula is C15H28N2O. The summed E-state index contributed by atoms with van der Waals surface area (Å²) >= 11 is 0. The molecule has 1 amide bonds. The molecule has 4 atom stereocenters. The number of carbonyl (C=O) groups is 1. The lowest BCUT2D eigenvalue weighted by Crippen LogP contribution is -2.52. The Morgan fingerprint density at radius 3 is 2.28 bits per heavy atom. The van der Waals surface area contributed by atoms with E-state index in [0.717, 1.165) is 25.7 Å². The molecule has 2 rings (SSSR count). The minimum atomic E-state index is 0.201. The lowest BCUT2D eigenvalue weighted by Gasteiger charge is -2.43. The van der Waals surface area contributed by atoms with Crippen LogP contribution in [0.3, 0.4) is 0 Å². The summed E-state index contributed by atoms with van der Waals surface area (Å²) in [6.07, 6.45) is 8.23. The van der Waals surface area contributed by atoms with Gasteiger partial charge in [-0.05, 0) is 58.4 Å². The van der Waals surface area contributed by atoms with Crippen LogP contribution in [0.5, 0.6) is 0 Å². The van der Waals surface area contributed by atoms with Crippen LogP contribution in [-0.4, -0.2) is 29.4 Å². The second kappa shape index (κ2) is 6.05. The number of likely N-dealkylation sites (tertiary alicyclic amines) is 1. The summed E-state index contributed by atoms with van der Waals surface area (Å²) in [6.45, 7) is 5.08. The Morgan fingerprint density at radius 2 is 1.67 bits per heavy atom. The van der Waals surface area contributed by atoms with Crippen molar-refractivity contribution < 1.29 is 4.79 Å². The Morgan fingerprint density at radius 1 is 1.06 bits per heavy atom. The van der Waals surface area contributed by atoms with Crippen LogP contribution < -0.4 is 5.73 Å². The second-order valence-electron chi connectivity index (χ2n) is 6.26. The highest BCUT2D eigenvalue weighted by molar-refractivity contribution is 5.80. The van der Waals surface area contributed by atoms with E-state index in [1.54, 1.807) is 0 Å². The molecule has 0 radical (unpaired) electrons. The Balaban J connectivity index is 2.08. The number of rotatable bonds is 2. The van der Waals surface area contributed by atoms with Gasteiger partial charge < -0.3 is 10.6 Å². The molecule has 1 saturated heterocycles. The SMILES string of the molecule is CC1CCCC(C)N1C(=O)C1CCCCC1CN. The van der Waals surface area contributed by atoms with Crippen LogP contribution in [0, 0.1) is 11.8 Å². The third-order valence-corrected chi connectivity index (χ3v) is 4.98. The van der Waals surface area contributed by atoms with Crippen LogP contribution in [0.4, 0.5) is 0 Å². The molecule has 0 aromatic heterocycles. The predicted molar refractivity (Wildman–Crippen MR) is 74.1 cm³/mol. The van der Waals surface area contributed by atoms with Gasteiger partial charge in [0.25, 0.3) is 0 Å². The lowest BCUT2D eigenvalue weighted by molar-refractivity contribution is -0.144. The zero-order chi connectivity index (χ0) is 13.1. The van der Waals surface area contributed by atoms with E-state index in [0.29, 0.717) is 30.5 Å². The first kappa shape index (κ1) is 13.9. The first-order valence-electron chi connectivity index (χ1n) is 7.67. The van der Waals surface area contributed by atoms with Crippen LogP contribution in [0.1, 0.15) is 58.8 Å².